The molecule has 1 aromatic heterocycles. The molecule has 0 radical (unpaired) electrons. The second kappa shape index (κ2) is 13.1. The molecule has 41 heavy (non-hydrogen) atoms. The molecule has 1 aliphatic rings. The van der Waals surface area contributed by atoms with Gasteiger partial charge in [0.1, 0.15) is 0 Å². The lowest BCUT2D eigenvalue weighted by Crippen LogP contribution is -2.40. The summed E-state index contributed by atoms with van der Waals surface area (Å²) in [5, 5.41) is 7.60. The van der Waals surface area contributed by atoms with Crippen molar-refractivity contribution in [2.24, 2.45) is 10.8 Å². The Morgan fingerprint density at radius 1 is 0.780 bits per heavy atom. The van der Waals surface area contributed by atoms with E-state index >= 15 is 0 Å². The van der Waals surface area contributed by atoms with Crippen molar-refractivity contribution in [1.29, 1.82) is 0 Å². The van der Waals surface area contributed by atoms with Crippen LogP contribution in [0.4, 0.5) is 10.5 Å². The monoisotopic (exact) mass is 581 g/mol. The first-order chi connectivity index (χ1) is 19.7. The number of para-hydroxylation sites is 2. The molecule has 208 valence electrons. The van der Waals surface area contributed by atoms with Crippen LogP contribution in [0.2, 0.25) is 0 Å². The fourth-order valence-electron chi connectivity index (χ4n) is 5.03. The van der Waals surface area contributed by atoms with Crippen LogP contribution in [0, 0.1) is 0 Å². The maximum atomic E-state index is 13.9. The lowest BCUT2D eigenvalue weighted by atomic mass is 10.0. The van der Waals surface area contributed by atoms with Gasteiger partial charge in [-0.05, 0) is 54.3 Å². The normalized spacial score (nSPS) is 13.0. The summed E-state index contributed by atoms with van der Waals surface area (Å²) in [6.45, 7) is 1.41. The molecule has 6 nitrogen and oxygen atoms in total. The third kappa shape index (κ3) is 6.33. The Hall–Kier alpha value is -4.04. The summed E-state index contributed by atoms with van der Waals surface area (Å²) in [5.74, 6) is 0. The predicted molar refractivity (Wildman–Crippen MR) is 172 cm³/mol. The number of amides is 2. The molecule has 2 heterocycles. The minimum Gasteiger partial charge on any atom is -0.330 e. The number of thiazole rings is 1. The Balaban J connectivity index is 0.00000337. The van der Waals surface area contributed by atoms with Gasteiger partial charge in [-0.1, -0.05) is 84.9 Å². The first kappa shape index (κ1) is 28.5. The quantitative estimate of drug-likeness (QED) is 0.196. The average Bonchev–Trinajstić information content (AvgIpc) is 3.39. The number of rotatable bonds is 9. The van der Waals surface area contributed by atoms with Crippen LogP contribution < -0.4 is 10.6 Å². The second-order valence-electron chi connectivity index (χ2n) is 9.84. The van der Waals surface area contributed by atoms with E-state index in [9.17, 15) is 4.79 Å². The number of halogens is 1. The van der Waals surface area contributed by atoms with Crippen molar-refractivity contribution in [2.45, 2.75) is 25.8 Å². The molecule has 0 saturated heterocycles. The third-order valence-electron chi connectivity index (χ3n) is 7.09. The number of hydrazone groups is 1. The third-order valence-corrected chi connectivity index (χ3v) is 8.18. The van der Waals surface area contributed by atoms with Gasteiger partial charge in [0.15, 0.2) is 0 Å². The highest BCUT2D eigenvalue weighted by Gasteiger charge is 2.29. The molecule has 2 N–H and O–H groups in total. The maximum Gasteiger partial charge on any atom is 0.345 e. The van der Waals surface area contributed by atoms with Gasteiger partial charge in [0.05, 0.1) is 33.2 Å². The van der Waals surface area contributed by atoms with E-state index in [4.69, 9.17) is 15.8 Å². The molecule has 6 rings (SSSR count). The van der Waals surface area contributed by atoms with Crippen LogP contribution in [0.5, 0.6) is 0 Å². The molecule has 0 saturated carbocycles. The number of urea groups is 1. The first-order valence-electron chi connectivity index (χ1n) is 13.6. The molecule has 2 amide bonds. The molecule has 4 aromatic carbocycles. The van der Waals surface area contributed by atoms with Gasteiger partial charge >= 0.3 is 6.03 Å². The largest absolute Gasteiger partial charge is 0.345 e. The second-order valence-corrected chi connectivity index (χ2v) is 11.0. The number of carbonyl (C=O) groups is 1. The van der Waals surface area contributed by atoms with Gasteiger partial charge in [0, 0.05) is 18.5 Å². The van der Waals surface area contributed by atoms with E-state index in [0.717, 1.165) is 45.0 Å². The average molecular weight is 582 g/mol. The van der Waals surface area contributed by atoms with Gasteiger partial charge in [-0.25, -0.2) is 14.8 Å². The smallest absolute Gasteiger partial charge is 0.330 e. The Labute approximate surface area is 250 Å². The summed E-state index contributed by atoms with van der Waals surface area (Å²) in [7, 11) is 0. The number of carbonyl (C=O) groups excluding carboxylic acids is 1. The zero-order valence-electron chi connectivity index (χ0n) is 22.6. The van der Waals surface area contributed by atoms with Crippen molar-refractivity contribution >= 4 is 51.4 Å². The molecule has 0 aliphatic carbocycles. The van der Waals surface area contributed by atoms with Gasteiger partial charge in [0.25, 0.3) is 0 Å². The van der Waals surface area contributed by atoms with Crippen molar-refractivity contribution in [2.75, 3.05) is 18.0 Å². The van der Waals surface area contributed by atoms with Crippen LogP contribution in [0.25, 0.3) is 21.3 Å². The summed E-state index contributed by atoms with van der Waals surface area (Å²) >= 11 is 1.72. The summed E-state index contributed by atoms with van der Waals surface area (Å²) in [4.78, 5) is 20.6. The van der Waals surface area contributed by atoms with Crippen molar-refractivity contribution in [3.05, 3.63) is 119 Å². The highest BCUT2D eigenvalue weighted by molar-refractivity contribution is 7.18. The number of nitrogens with two attached hydrogens (primary N) is 1. The standard InChI is InChI=1S/C33H31N5OS.ClH/c34-21-8-22-38-33(39)37(23-24-15-17-26(18-16-24)25-9-2-1-3-10-25)30-13-6-4-11-27(30)28(36-38)19-20-32-35-29-12-5-7-14-31(29)40-32;/h1-7,9-18H,8,19-23,34H2;1H. The van der Waals surface area contributed by atoms with E-state index in [1.807, 2.05) is 59.5 Å². The van der Waals surface area contributed by atoms with Gasteiger partial charge in [0.2, 0.25) is 0 Å². The highest BCUT2D eigenvalue weighted by atomic mass is 35.5. The van der Waals surface area contributed by atoms with E-state index in [1.54, 1.807) is 16.3 Å². The first-order valence-corrected chi connectivity index (χ1v) is 14.5. The number of fused-ring (bicyclic) bond motifs is 2. The molecule has 5 aromatic rings. The SMILES string of the molecule is Cl.NCCCN1N=C(CCc2nc3ccccc3s2)c2ccccc2N(Cc2ccc(-c3ccccc3)cc2)C1=O. The van der Waals surface area contributed by atoms with Gasteiger partial charge in [-0.3, -0.25) is 4.90 Å². The Morgan fingerprint density at radius 3 is 2.27 bits per heavy atom. The van der Waals surface area contributed by atoms with Crippen molar-refractivity contribution < 1.29 is 4.79 Å². The molecular weight excluding hydrogens is 550 g/mol. The summed E-state index contributed by atoms with van der Waals surface area (Å²) in [6.07, 6.45) is 2.12. The number of anilines is 1. The zero-order valence-corrected chi connectivity index (χ0v) is 24.3. The predicted octanol–water partition coefficient (Wildman–Crippen LogP) is 7.51. The van der Waals surface area contributed by atoms with Gasteiger partial charge in [-0.15, -0.1) is 23.7 Å². The number of hydrogen-bond acceptors (Lipinski definition) is 5. The molecule has 0 atom stereocenters. The molecular formula is C33H32ClN5OS. The zero-order chi connectivity index (χ0) is 27.3. The van der Waals surface area contributed by atoms with Crippen molar-refractivity contribution in [1.82, 2.24) is 9.99 Å². The van der Waals surface area contributed by atoms with E-state index in [-0.39, 0.29) is 18.4 Å². The lowest BCUT2D eigenvalue weighted by molar-refractivity contribution is 0.206. The van der Waals surface area contributed by atoms with Gasteiger partial charge < -0.3 is 5.73 Å². The Morgan fingerprint density at radius 2 is 1.49 bits per heavy atom. The number of benzene rings is 4. The van der Waals surface area contributed by atoms with Crippen LogP contribution >= 0.6 is 23.7 Å². The topological polar surface area (TPSA) is 74.8 Å². The fraction of sp³-hybridized carbons (Fsp3) is 0.182. The van der Waals surface area contributed by atoms with Crippen LogP contribution in [0.15, 0.2) is 108 Å². The fourth-order valence-corrected chi connectivity index (χ4v) is 6.00. The molecule has 0 unspecified atom stereocenters. The van der Waals surface area contributed by atoms with E-state index < -0.39 is 0 Å². The summed E-state index contributed by atoms with van der Waals surface area (Å²) in [6, 6.07) is 34.9. The summed E-state index contributed by atoms with van der Waals surface area (Å²) < 4.78 is 1.19. The highest BCUT2D eigenvalue weighted by Crippen LogP contribution is 2.31. The molecule has 0 bridgehead atoms. The van der Waals surface area contributed by atoms with Crippen molar-refractivity contribution in [3.63, 3.8) is 0 Å². The van der Waals surface area contributed by atoms with E-state index in [2.05, 4.69) is 48.5 Å². The number of hydrogen-bond donors (Lipinski definition) is 1. The maximum absolute atomic E-state index is 13.9. The molecule has 0 spiro atoms. The minimum atomic E-state index is -0.136. The molecule has 1 aliphatic heterocycles. The van der Waals surface area contributed by atoms with Crippen LogP contribution in [0.1, 0.15) is 29.0 Å². The summed E-state index contributed by atoms with van der Waals surface area (Å²) in [5.41, 5.74) is 13.0. The Bertz CT molecular complexity index is 1620. The van der Waals surface area contributed by atoms with Crippen LogP contribution in [-0.4, -0.2) is 34.8 Å². The number of nitrogens with zero attached hydrogens (tertiary/aromatic N) is 4. The van der Waals surface area contributed by atoms with Crippen molar-refractivity contribution in [3.8, 4) is 11.1 Å². The van der Waals surface area contributed by atoms with Gasteiger partial charge in [-0.2, -0.15) is 5.10 Å². The number of aryl methyl sites for hydroxylation is 1. The lowest BCUT2D eigenvalue weighted by Gasteiger charge is -2.26. The molecule has 0 fully saturated rings. The van der Waals surface area contributed by atoms with Crippen LogP contribution in [-0.2, 0) is 13.0 Å². The Kier molecular flexibility index (Phi) is 9.09. The molecule has 8 heteroatoms. The number of aromatic nitrogens is 1. The minimum absolute atomic E-state index is 0. The van der Waals surface area contributed by atoms with E-state index in [1.165, 1.54) is 10.3 Å². The van der Waals surface area contributed by atoms with Crippen LogP contribution in [0.3, 0.4) is 0 Å². The van der Waals surface area contributed by atoms with E-state index in [0.29, 0.717) is 32.5 Å².